The Morgan fingerprint density at radius 2 is 1.94 bits per heavy atom. The summed E-state index contributed by atoms with van der Waals surface area (Å²) >= 11 is 5.95. The summed E-state index contributed by atoms with van der Waals surface area (Å²) in [6, 6.07) is 0. The quantitative estimate of drug-likeness (QED) is 0.368. The molecule has 0 aromatic carbocycles. The first-order valence-corrected chi connectivity index (χ1v) is 9.03. The van der Waals surface area contributed by atoms with E-state index >= 15 is 0 Å². The molecule has 0 aromatic rings. The highest BCUT2D eigenvalue weighted by Gasteiger charge is 2.46. The molecule has 0 aromatic heterocycles. The van der Waals surface area contributed by atoms with Crippen LogP contribution in [0.4, 0.5) is 0 Å². The Labute approximate surface area is 104 Å². The van der Waals surface area contributed by atoms with Gasteiger partial charge < -0.3 is 9.74 Å². The summed E-state index contributed by atoms with van der Waals surface area (Å²) in [6.07, 6.45) is -0.0999. The molecule has 0 bridgehead atoms. The molecule has 1 amide bonds. The number of β-lactam (4-membered cyclic amide) rings is 1. The molecule has 16 heavy (non-hydrogen) atoms. The predicted molar refractivity (Wildman–Crippen MR) is 69.0 cm³/mol. The molecule has 0 spiro atoms. The first-order chi connectivity index (χ1) is 7.06. The average Bonchev–Trinajstić information content (AvgIpc) is 1.99. The Hall–Kier alpha value is -0.0631. The van der Waals surface area contributed by atoms with Gasteiger partial charge in [0.2, 0.25) is 5.91 Å². The summed E-state index contributed by atoms with van der Waals surface area (Å²) in [5.41, 5.74) is -0.271. The first kappa shape index (κ1) is 14.0. The zero-order valence-corrected chi connectivity index (χ0v) is 12.7. The highest BCUT2D eigenvalue weighted by molar-refractivity contribution is 6.74. The van der Waals surface area contributed by atoms with E-state index in [2.05, 4.69) is 39.2 Å². The topological polar surface area (TPSA) is 38.3 Å². The van der Waals surface area contributed by atoms with Crippen LogP contribution in [0.25, 0.3) is 0 Å². The van der Waals surface area contributed by atoms with E-state index in [1.165, 1.54) is 0 Å². The van der Waals surface area contributed by atoms with Crippen molar-refractivity contribution in [2.75, 3.05) is 0 Å². The van der Waals surface area contributed by atoms with Crippen LogP contribution in [-0.2, 0) is 9.22 Å². The monoisotopic (exact) mass is 263 g/mol. The van der Waals surface area contributed by atoms with E-state index in [4.69, 9.17) is 16.0 Å². The van der Waals surface area contributed by atoms with Crippen LogP contribution < -0.4 is 5.32 Å². The van der Waals surface area contributed by atoms with Gasteiger partial charge >= 0.3 is 0 Å². The number of carbonyl (C=O) groups is 1. The largest absolute Gasteiger partial charge is 0.413 e. The van der Waals surface area contributed by atoms with Gasteiger partial charge in [-0.1, -0.05) is 32.4 Å². The van der Waals surface area contributed by atoms with Crippen LogP contribution in [0.1, 0.15) is 27.7 Å². The molecule has 1 fully saturated rings. The van der Waals surface area contributed by atoms with Crippen molar-refractivity contribution in [3.8, 4) is 0 Å². The number of hydrogen-bond acceptors (Lipinski definition) is 2. The normalized spacial score (nSPS) is 28.3. The Morgan fingerprint density at radius 3 is 2.25 bits per heavy atom. The van der Waals surface area contributed by atoms with Crippen LogP contribution in [0.3, 0.4) is 0 Å². The van der Waals surface area contributed by atoms with Crippen LogP contribution in [0.5, 0.6) is 0 Å². The fourth-order valence-electron chi connectivity index (χ4n) is 1.52. The van der Waals surface area contributed by atoms with Crippen molar-refractivity contribution in [3.63, 3.8) is 0 Å². The van der Waals surface area contributed by atoms with Gasteiger partial charge in [0.15, 0.2) is 8.32 Å². The van der Waals surface area contributed by atoms with Gasteiger partial charge in [-0.2, -0.15) is 0 Å². The lowest BCUT2D eigenvalue weighted by Crippen LogP contribution is -2.61. The summed E-state index contributed by atoms with van der Waals surface area (Å²) in [6.45, 7) is 12.9. The lowest BCUT2D eigenvalue weighted by Gasteiger charge is -2.43. The molecule has 3 nitrogen and oxygen atoms in total. The molecule has 5 heteroatoms. The number of halogens is 1. The SMILES string of the molecule is C[C@@H](O[Si](C)(C)C(C)(C)C)[C@@H]1C(=O)N[C@@H]1Cl. The molecule has 1 aliphatic rings. The minimum Gasteiger partial charge on any atom is -0.413 e. The van der Waals surface area contributed by atoms with Gasteiger partial charge in [-0.3, -0.25) is 4.79 Å². The second kappa shape index (κ2) is 4.31. The van der Waals surface area contributed by atoms with Gasteiger partial charge in [0.25, 0.3) is 0 Å². The van der Waals surface area contributed by atoms with E-state index in [-0.39, 0.29) is 28.5 Å². The van der Waals surface area contributed by atoms with Crippen LogP contribution in [0.15, 0.2) is 0 Å². The molecule has 0 aliphatic carbocycles. The third-order valence-electron chi connectivity index (χ3n) is 3.69. The summed E-state index contributed by atoms with van der Waals surface area (Å²) in [5, 5.41) is 2.78. The van der Waals surface area contributed by atoms with Crippen LogP contribution in [-0.4, -0.2) is 25.8 Å². The number of nitrogens with one attached hydrogen (secondary N) is 1. The van der Waals surface area contributed by atoms with E-state index in [1.54, 1.807) is 0 Å². The van der Waals surface area contributed by atoms with Crippen molar-refractivity contribution >= 4 is 25.8 Å². The molecule has 1 N–H and O–H groups in total. The fraction of sp³-hybridized carbons (Fsp3) is 0.909. The van der Waals surface area contributed by atoms with E-state index in [0.717, 1.165) is 0 Å². The minimum atomic E-state index is -1.81. The Balaban J connectivity index is 2.64. The molecule has 0 radical (unpaired) electrons. The average molecular weight is 264 g/mol. The van der Waals surface area contributed by atoms with E-state index < -0.39 is 8.32 Å². The number of amides is 1. The Morgan fingerprint density at radius 1 is 1.44 bits per heavy atom. The lowest BCUT2D eigenvalue weighted by atomic mass is 9.96. The van der Waals surface area contributed by atoms with Gasteiger partial charge in [-0.25, -0.2) is 0 Å². The van der Waals surface area contributed by atoms with Crippen molar-refractivity contribution < 1.29 is 9.22 Å². The summed E-state index contributed by atoms with van der Waals surface area (Å²) in [4.78, 5) is 11.4. The third kappa shape index (κ3) is 2.60. The van der Waals surface area contributed by atoms with Crippen LogP contribution in [0, 0.1) is 5.92 Å². The van der Waals surface area contributed by atoms with Crippen LogP contribution >= 0.6 is 11.6 Å². The molecule has 1 rings (SSSR count). The summed E-state index contributed by atoms with van der Waals surface area (Å²) in [7, 11) is -1.81. The van der Waals surface area contributed by atoms with Crippen molar-refractivity contribution in [1.29, 1.82) is 0 Å². The highest BCUT2D eigenvalue weighted by Crippen LogP contribution is 2.39. The molecule has 1 aliphatic heterocycles. The summed E-state index contributed by atoms with van der Waals surface area (Å²) in [5.74, 6) is -0.193. The maximum Gasteiger partial charge on any atom is 0.230 e. The van der Waals surface area contributed by atoms with E-state index in [9.17, 15) is 4.79 Å². The Bertz CT molecular complexity index is 288. The maximum absolute atomic E-state index is 11.4. The summed E-state index contributed by atoms with van der Waals surface area (Å²) < 4.78 is 6.14. The zero-order chi connectivity index (χ0) is 12.7. The van der Waals surface area contributed by atoms with Gasteiger partial charge in [0.05, 0.1) is 12.0 Å². The van der Waals surface area contributed by atoms with Crippen molar-refractivity contribution in [3.05, 3.63) is 0 Å². The molecule has 0 unspecified atom stereocenters. The molecule has 94 valence electrons. The number of alkyl halides is 1. The second-order valence-corrected chi connectivity index (χ2v) is 11.2. The van der Waals surface area contributed by atoms with Crippen molar-refractivity contribution in [2.45, 2.75) is 57.4 Å². The lowest BCUT2D eigenvalue weighted by molar-refractivity contribution is -0.136. The number of hydrogen-bond donors (Lipinski definition) is 1. The zero-order valence-electron chi connectivity index (χ0n) is 10.9. The van der Waals surface area contributed by atoms with Gasteiger partial charge in [0.1, 0.15) is 5.50 Å². The minimum absolute atomic E-state index is 0.00575. The fourth-order valence-corrected chi connectivity index (χ4v) is 3.38. The van der Waals surface area contributed by atoms with Crippen molar-refractivity contribution in [2.24, 2.45) is 5.92 Å². The number of rotatable bonds is 3. The van der Waals surface area contributed by atoms with E-state index in [1.807, 2.05) is 6.92 Å². The molecule has 0 saturated carbocycles. The maximum atomic E-state index is 11.4. The van der Waals surface area contributed by atoms with Gasteiger partial charge in [-0.15, -0.1) is 0 Å². The standard InChI is InChI=1S/C11H22ClNO2Si/c1-7(8-9(12)13-10(8)14)15-16(5,6)11(2,3)4/h7-9H,1-6H3,(H,13,14)/t7-,8+,9+/m1/s1. The second-order valence-electron chi connectivity index (χ2n) is 6.02. The predicted octanol–water partition coefficient (Wildman–Crippen LogP) is 2.71. The Kier molecular flexibility index (Phi) is 3.77. The van der Waals surface area contributed by atoms with Gasteiger partial charge in [-0.05, 0) is 25.1 Å². The molecular weight excluding hydrogens is 242 g/mol. The molecule has 3 atom stereocenters. The molecule has 1 saturated heterocycles. The van der Waals surface area contributed by atoms with E-state index in [0.29, 0.717) is 0 Å². The molecular formula is C11H22ClNO2Si. The smallest absolute Gasteiger partial charge is 0.230 e. The highest BCUT2D eigenvalue weighted by atomic mass is 35.5. The third-order valence-corrected chi connectivity index (χ3v) is 8.64. The van der Waals surface area contributed by atoms with Gasteiger partial charge in [0, 0.05) is 0 Å². The first-order valence-electron chi connectivity index (χ1n) is 5.68. The molecule has 1 heterocycles. The van der Waals surface area contributed by atoms with Crippen LogP contribution in [0.2, 0.25) is 18.1 Å². The van der Waals surface area contributed by atoms with Crippen molar-refractivity contribution in [1.82, 2.24) is 5.32 Å². The number of carbonyl (C=O) groups excluding carboxylic acids is 1.